The molecule has 0 bridgehead atoms. The fourth-order valence-electron chi connectivity index (χ4n) is 1.93. The number of piperazine rings is 1. The van der Waals surface area contributed by atoms with E-state index in [9.17, 15) is 0 Å². The minimum Gasteiger partial charge on any atom is -0.352 e. The van der Waals surface area contributed by atoms with Crippen LogP contribution in [0.5, 0.6) is 0 Å². The maximum atomic E-state index is 5.10. The van der Waals surface area contributed by atoms with Crippen molar-refractivity contribution < 1.29 is 0 Å². The zero-order valence-corrected chi connectivity index (χ0v) is 10.9. The van der Waals surface area contributed by atoms with Crippen molar-refractivity contribution >= 4 is 29.2 Å². The van der Waals surface area contributed by atoms with Crippen LogP contribution in [0.3, 0.4) is 0 Å². The average Bonchev–Trinajstić information content (AvgIpc) is 2.15. The zero-order chi connectivity index (χ0) is 10.7. The Labute approximate surface area is 98.1 Å². The molecule has 1 heterocycles. The molecule has 1 aliphatic rings. The van der Waals surface area contributed by atoms with Crippen LogP contribution in [0.25, 0.3) is 0 Å². The average molecular weight is 232 g/mol. The maximum absolute atomic E-state index is 5.10. The fourth-order valence-corrected chi connectivity index (χ4v) is 2.50. The van der Waals surface area contributed by atoms with E-state index in [1.54, 1.807) is 0 Å². The molecule has 2 atom stereocenters. The molecule has 1 fully saturated rings. The van der Waals surface area contributed by atoms with E-state index in [0.29, 0.717) is 12.1 Å². The summed E-state index contributed by atoms with van der Waals surface area (Å²) in [4.78, 5) is 4.74. The lowest BCUT2D eigenvalue weighted by Crippen LogP contribution is -2.54. The summed E-state index contributed by atoms with van der Waals surface area (Å²) < 4.78 is 0.737. The molecule has 0 aromatic rings. The van der Waals surface area contributed by atoms with Gasteiger partial charge in [0, 0.05) is 31.7 Å². The Hall–Kier alpha value is 0.200. The Balaban J connectivity index is 2.50. The largest absolute Gasteiger partial charge is 0.352 e. The third-order valence-corrected chi connectivity index (χ3v) is 3.61. The summed E-state index contributed by atoms with van der Waals surface area (Å²) in [5.74, 6) is 0. The van der Waals surface area contributed by atoms with Crippen LogP contribution in [0.2, 0.25) is 0 Å². The van der Waals surface area contributed by atoms with E-state index in [1.165, 1.54) is 6.42 Å². The highest BCUT2D eigenvalue weighted by atomic mass is 32.1. The highest BCUT2D eigenvalue weighted by Gasteiger charge is 2.25. The highest BCUT2D eigenvalue weighted by molar-refractivity contribution is 8.10. The van der Waals surface area contributed by atoms with Crippen LogP contribution in [-0.4, -0.2) is 45.8 Å². The van der Waals surface area contributed by atoms with Gasteiger partial charge in [0.15, 0.2) is 0 Å². The molecule has 0 aromatic carbocycles. The Morgan fingerprint density at radius 2 is 2.21 bits per heavy atom. The van der Waals surface area contributed by atoms with E-state index in [0.717, 1.165) is 24.0 Å². The van der Waals surface area contributed by atoms with Crippen LogP contribution in [0, 0.1) is 0 Å². The summed E-state index contributed by atoms with van der Waals surface area (Å²) in [5, 5.41) is 0. The van der Waals surface area contributed by atoms with E-state index >= 15 is 0 Å². The molecule has 0 aliphatic carbocycles. The van der Waals surface area contributed by atoms with E-state index in [2.05, 4.69) is 43.2 Å². The van der Waals surface area contributed by atoms with Crippen molar-refractivity contribution in [3.63, 3.8) is 0 Å². The molecule has 1 rings (SSSR count). The quantitative estimate of drug-likeness (QED) is 0.575. The predicted molar refractivity (Wildman–Crippen MR) is 69.1 cm³/mol. The molecule has 0 spiro atoms. The first kappa shape index (κ1) is 12.3. The first-order chi connectivity index (χ1) is 6.56. The van der Waals surface area contributed by atoms with Crippen LogP contribution in [-0.2, 0) is 0 Å². The molecule has 2 unspecified atom stereocenters. The second kappa shape index (κ2) is 5.33. The van der Waals surface area contributed by atoms with Crippen molar-refractivity contribution in [2.75, 3.05) is 19.6 Å². The molecule has 1 saturated heterocycles. The molecular formula is C10H20N2S2. The molecule has 0 aromatic heterocycles. The smallest absolute Gasteiger partial charge is 0.133 e. The molecule has 0 amide bonds. The molecule has 0 N–H and O–H groups in total. The van der Waals surface area contributed by atoms with Gasteiger partial charge in [-0.15, -0.1) is 12.6 Å². The van der Waals surface area contributed by atoms with Gasteiger partial charge in [-0.2, -0.15) is 0 Å². The molecule has 82 valence electrons. The van der Waals surface area contributed by atoms with Crippen molar-refractivity contribution in [3.05, 3.63) is 0 Å². The van der Waals surface area contributed by atoms with E-state index < -0.39 is 0 Å². The van der Waals surface area contributed by atoms with E-state index in [-0.39, 0.29) is 0 Å². The Kier molecular flexibility index (Phi) is 4.67. The number of hydrogen-bond acceptors (Lipinski definition) is 2. The number of hydrogen-bond donors (Lipinski definition) is 1. The van der Waals surface area contributed by atoms with Gasteiger partial charge in [0.25, 0.3) is 0 Å². The van der Waals surface area contributed by atoms with Gasteiger partial charge in [-0.05, 0) is 20.3 Å². The monoisotopic (exact) mass is 232 g/mol. The highest BCUT2D eigenvalue weighted by Crippen LogP contribution is 2.15. The first-order valence-corrected chi connectivity index (χ1v) is 6.15. The van der Waals surface area contributed by atoms with Crippen molar-refractivity contribution in [1.29, 1.82) is 0 Å². The lowest BCUT2D eigenvalue weighted by Gasteiger charge is -2.42. The zero-order valence-electron chi connectivity index (χ0n) is 9.23. The summed E-state index contributed by atoms with van der Waals surface area (Å²) in [6.07, 6.45) is 1.22. The van der Waals surface area contributed by atoms with Crippen molar-refractivity contribution in [2.24, 2.45) is 0 Å². The minimum absolute atomic E-state index is 0.503. The van der Waals surface area contributed by atoms with Crippen molar-refractivity contribution in [3.8, 4) is 0 Å². The Morgan fingerprint density at radius 1 is 1.57 bits per heavy atom. The Morgan fingerprint density at radius 3 is 2.64 bits per heavy atom. The Bertz CT molecular complexity index is 208. The topological polar surface area (TPSA) is 6.48 Å². The molecule has 0 saturated carbocycles. The van der Waals surface area contributed by atoms with Crippen molar-refractivity contribution in [2.45, 2.75) is 39.3 Å². The number of rotatable bonds is 2. The third-order valence-electron chi connectivity index (χ3n) is 3.12. The second-order valence-electron chi connectivity index (χ2n) is 4.08. The number of thiocarbonyl (C=S) groups is 1. The summed E-state index contributed by atoms with van der Waals surface area (Å²) in [6, 6.07) is 1.19. The van der Waals surface area contributed by atoms with Crippen LogP contribution in [0.4, 0.5) is 0 Å². The van der Waals surface area contributed by atoms with Gasteiger partial charge in [-0.25, -0.2) is 0 Å². The third kappa shape index (κ3) is 2.84. The van der Waals surface area contributed by atoms with E-state index in [1.807, 2.05) is 0 Å². The van der Waals surface area contributed by atoms with Gasteiger partial charge in [0.2, 0.25) is 0 Å². The lowest BCUT2D eigenvalue weighted by atomic mass is 10.1. The van der Waals surface area contributed by atoms with Crippen LogP contribution < -0.4 is 0 Å². The van der Waals surface area contributed by atoms with Gasteiger partial charge >= 0.3 is 0 Å². The summed E-state index contributed by atoms with van der Waals surface area (Å²) >= 11 is 9.34. The second-order valence-corrected chi connectivity index (χ2v) is 5.19. The molecule has 2 nitrogen and oxygen atoms in total. The van der Waals surface area contributed by atoms with Crippen LogP contribution in [0.15, 0.2) is 0 Å². The molecular weight excluding hydrogens is 212 g/mol. The van der Waals surface area contributed by atoms with Crippen LogP contribution in [0.1, 0.15) is 27.2 Å². The number of nitrogens with zero attached hydrogens (tertiary/aromatic N) is 2. The summed E-state index contributed by atoms with van der Waals surface area (Å²) in [6.45, 7) is 9.99. The van der Waals surface area contributed by atoms with Gasteiger partial charge < -0.3 is 4.90 Å². The number of thiol groups is 1. The van der Waals surface area contributed by atoms with Crippen molar-refractivity contribution in [1.82, 2.24) is 9.80 Å². The minimum atomic E-state index is 0.503. The predicted octanol–water partition coefficient (Wildman–Crippen LogP) is 2.01. The molecule has 0 radical (unpaired) electrons. The van der Waals surface area contributed by atoms with Gasteiger partial charge in [0.1, 0.15) is 4.32 Å². The molecule has 4 heteroatoms. The standard InChI is InChI=1S/C10H20N2S2/c1-4-8(2)11-5-6-12(10(13)14)9(3)7-11/h8-9H,4-7H2,1-3H3,(H,13,14). The summed E-state index contributed by atoms with van der Waals surface area (Å²) in [5.41, 5.74) is 0. The normalized spacial score (nSPS) is 26.3. The van der Waals surface area contributed by atoms with Gasteiger partial charge in [0.05, 0.1) is 0 Å². The maximum Gasteiger partial charge on any atom is 0.133 e. The first-order valence-electron chi connectivity index (χ1n) is 5.29. The summed E-state index contributed by atoms with van der Waals surface area (Å²) in [7, 11) is 0. The lowest BCUT2D eigenvalue weighted by molar-refractivity contribution is 0.104. The van der Waals surface area contributed by atoms with E-state index in [4.69, 9.17) is 12.2 Å². The fraction of sp³-hybridized carbons (Fsp3) is 0.900. The SMILES string of the molecule is CCC(C)N1CCN(C(=S)S)C(C)C1. The molecule has 1 aliphatic heterocycles. The molecule has 14 heavy (non-hydrogen) atoms. The van der Waals surface area contributed by atoms with Gasteiger partial charge in [-0.3, -0.25) is 4.90 Å². The van der Waals surface area contributed by atoms with Crippen LogP contribution >= 0.6 is 24.8 Å². The van der Waals surface area contributed by atoms with Gasteiger partial charge in [-0.1, -0.05) is 19.1 Å².